The van der Waals surface area contributed by atoms with Crippen molar-refractivity contribution in [1.82, 2.24) is 0 Å². The molecule has 23 heavy (non-hydrogen) atoms. The summed E-state index contributed by atoms with van der Waals surface area (Å²) in [4.78, 5) is 11.1. The maximum Gasteiger partial charge on any atom is 0.150 e. The zero-order valence-electron chi connectivity index (χ0n) is 13.7. The number of methoxy groups -OCH3 is 1. The number of hydrogen-bond acceptors (Lipinski definition) is 3. The molecule has 0 aliphatic rings. The van der Waals surface area contributed by atoms with Crippen LogP contribution in [0.3, 0.4) is 0 Å². The van der Waals surface area contributed by atoms with Crippen LogP contribution in [0, 0.1) is 13.8 Å². The molecule has 0 bridgehead atoms. The molecule has 0 saturated heterocycles. The van der Waals surface area contributed by atoms with Gasteiger partial charge in [-0.2, -0.15) is 0 Å². The van der Waals surface area contributed by atoms with Crippen molar-refractivity contribution in [2.75, 3.05) is 13.7 Å². The molecular weight excluding hydrogens is 288 g/mol. The van der Waals surface area contributed by atoms with Gasteiger partial charge in [0.05, 0.1) is 12.9 Å². The van der Waals surface area contributed by atoms with Crippen LogP contribution in [-0.4, -0.2) is 20.0 Å². The van der Waals surface area contributed by atoms with E-state index in [4.69, 9.17) is 9.15 Å². The third-order valence-electron chi connectivity index (χ3n) is 4.27. The fourth-order valence-electron chi connectivity index (χ4n) is 3.24. The van der Waals surface area contributed by atoms with Gasteiger partial charge in [-0.15, -0.1) is 0 Å². The number of furan rings is 1. The summed E-state index contributed by atoms with van der Waals surface area (Å²) in [5.74, 6) is 0. The molecule has 3 heteroatoms. The molecule has 1 aromatic heterocycles. The van der Waals surface area contributed by atoms with Crippen LogP contribution in [0.2, 0.25) is 0 Å². The van der Waals surface area contributed by atoms with E-state index in [1.54, 1.807) is 7.11 Å². The van der Waals surface area contributed by atoms with Crippen molar-refractivity contribution >= 4 is 17.3 Å². The van der Waals surface area contributed by atoms with Gasteiger partial charge in [-0.25, -0.2) is 0 Å². The molecule has 0 radical (unpaired) electrons. The molecule has 0 aliphatic heterocycles. The zero-order valence-corrected chi connectivity index (χ0v) is 13.7. The lowest BCUT2D eigenvalue weighted by molar-refractivity contribution is 0.112. The molecule has 3 rings (SSSR count). The first-order valence-corrected chi connectivity index (χ1v) is 7.70. The van der Waals surface area contributed by atoms with E-state index < -0.39 is 0 Å². The van der Waals surface area contributed by atoms with Crippen LogP contribution in [0.15, 0.2) is 41.0 Å². The van der Waals surface area contributed by atoms with Crippen LogP contribution < -0.4 is 0 Å². The van der Waals surface area contributed by atoms with Crippen molar-refractivity contribution in [2.45, 2.75) is 20.3 Å². The Bertz CT molecular complexity index is 859. The first kappa shape index (κ1) is 15.5. The van der Waals surface area contributed by atoms with Crippen LogP contribution in [0.5, 0.6) is 0 Å². The summed E-state index contributed by atoms with van der Waals surface area (Å²) < 4.78 is 10.9. The molecule has 0 fully saturated rings. The molecule has 0 N–H and O–H groups in total. The minimum Gasteiger partial charge on any atom is -0.464 e. The van der Waals surface area contributed by atoms with Gasteiger partial charge in [-0.1, -0.05) is 18.2 Å². The number of fused-ring (bicyclic) bond motifs is 1. The maximum atomic E-state index is 11.1. The molecule has 1 heterocycles. The highest BCUT2D eigenvalue weighted by molar-refractivity contribution is 5.93. The van der Waals surface area contributed by atoms with Crippen molar-refractivity contribution in [3.63, 3.8) is 0 Å². The molecule has 0 atom stereocenters. The van der Waals surface area contributed by atoms with Gasteiger partial charge in [0.1, 0.15) is 11.9 Å². The molecule has 0 spiro atoms. The van der Waals surface area contributed by atoms with Crippen molar-refractivity contribution < 1.29 is 13.9 Å². The number of carbonyl (C=O) groups is 1. The normalized spacial score (nSPS) is 11.1. The topological polar surface area (TPSA) is 39.4 Å². The van der Waals surface area contributed by atoms with Gasteiger partial charge < -0.3 is 9.15 Å². The molecule has 0 unspecified atom stereocenters. The van der Waals surface area contributed by atoms with E-state index in [0.29, 0.717) is 12.2 Å². The molecule has 0 amide bonds. The van der Waals surface area contributed by atoms with E-state index in [9.17, 15) is 4.79 Å². The zero-order chi connectivity index (χ0) is 16.4. The average Bonchev–Trinajstić information content (AvgIpc) is 2.96. The first-order valence-electron chi connectivity index (χ1n) is 7.70. The average molecular weight is 308 g/mol. The lowest BCUT2D eigenvalue weighted by Crippen LogP contribution is -1.96. The Morgan fingerprint density at radius 2 is 2.04 bits per heavy atom. The predicted octanol–water partition coefficient (Wildman–Crippen LogP) is 4.72. The van der Waals surface area contributed by atoms with Gasteiger partial charge in [-0.3, -0.25) is 4.79 Å². The van der Waals surface area contributed by atoms with Crippen molar-refractivity contribution in [1.29, 1.82) is 0 Å². The maximum absolute atomic E-state index is 11.1. The quantitative estimate of drug-likeness (QED) is 0.640. The second kappa shape index (κ2) is 6.39. The Morgan fingerprint density at radius 3 is 2.78 bits per heavy atom. The van der Waals surface area contributed by atoms with E-state index in [-0.39, 0.29) is 0 Å². The molecule has 3 nitrogen and oxygen atoms in total. The highest BCUT2D eigenvalue weighted by Crippen LogP contribution is 2.36. The predicted molar refractivity (Wildman–Crippen MR) is 92.1 cm³/mol. The summed E-state index contributed by atoms with van der Waals surface area (Å²) in [6.45, 7) is 4.86. The lowest BCUT2D eigenvalue weighted by atomic mass is 9.91. The Kier molecular flexibility index (Phi) is 4.30. The molecule has 2 aromatic carbocycles. The first-order chi connectivity index (χ1) is 11.2. The summed E-state index contributed by atoms with van der Waals surface area (Å²) in [6, 6.07) is 9.79. The largest absolute Gasteiger partial charge is 0.464 e. The Hall–Kier alpha value is -2.39. The van der Waals surface area contributed by atoms with Crippen LogP contribution >= 0.6 is 0 Å². The minimum atomic E-state index is 0.665. The van der Waals surface area contributed by atoms with Crippen molar-refractivity contribution in [3.05, 3.63) is 58.8 Å². The van der Waals surface area contributed by atoms with Gasteiger partial charge in [0.25, 0.3) is 0 Å². The summed E-state index contributed by atoms with van der Waals surface area (Å²) in [7, 11) is 1.70. The highest BCUT2D eigenvalue weighted by atomic mass is 16.5. The summed E-state index contributed by atoms with van der Waals surface area (Å²) in [5, 5.41) is 1.15. The van der Waals surface area contributed by atoms with Gasteiger partial charge in [-0.05, 0) is 54.7 Å². The van der Waals surface area contributed by atoms with E-state index in [1.165, 1.54) is 11.1 Å². The molecular formula is C20H20O3. The second-order valence-corrected chi connectivity index (χ2v) is 5.81. The van der Waals surface area contributed by atoms with E-state index in [2.05, 4.69) is 19.9 Å². The summed E-state index contributed by atoms with van der Waals surface area (Å²) in [6.07, 6.45) is 3.53. The van der Waals surface area contributed by atoms with E-state index >= 15 is 0 Å². The number of hydrogen-bond donors (Lipinski definition) is 0. The fraction of sp³-hybridized carbons (Fsp3) is 0.250. The molecule has 0 saturated carbocycles. The van der Waals surface area contributed by atoms with Crippen LogP contribution in [0.1, 0.15) is 27.0 Å². The molecule has 118 valence electrons. The van der Waals surface area contributed by atoms with Gasteiger partial charge in [0.2, 0.25) is 0 Å². The number of aldehydes is 1. The molecule has 3 aromatic rings. The minimum absolute atomic E-state index is 0.665. The Morgan fingerprint density at radius 1 is 1.22 bits per heavy atom. The number of benzene rings is 2. The van der Waals surface area contributed by atoms with Gasteiger partial charge in [0, 0.05) is 23.6 Å². The third-order valence-corrected chi connectivity index (χ3v) is 4.27. The lowest BCUT2D eigenvalue weighted by Gasteiger charge is -2.12. The number of ether oxygens (including phenoxy) is 1. The smallest absolute Gasteiger partial charge is 0.150 e. The number of rotatable bonds is 5. The summed E-state index contributed by atoms with van der Waals surface area (Å²) >= 11 is 0. The SMILES string of the molecule is COCCc1coc2cc(C)c(-c3cccc(C=O)c3)c(C)c12. The fourth-order valence-corrected chi connectivity index (χ4v) is 3.24. The Labute approximate surface area is 135 Å². The van der Waals surface area contributed by atoms with Crippen molar-refractivity contribution in [3.8, 4) is 11.1 Å². The standard InChI is InChI=1S/C20H20O3/c1-13-9-18-20(17(12-23-18)7-8-22-3)14(2)19(13)16-6-4-5-15(10-16)11-21/h4-6,9-12H,7-8H2,1-3H3. The van der Waals surface area contributed by atoms with E-state index in [1.807, 2.05) is 30.5 Å². The van der Waals surface area contributed by atoms with Crippen LogP contribution in [0.25, 0.3) is 22.1 Å². The Balaban J connectivity index is 2.21. The highest BCUT2D eigenvalue weighted by Gasteiger charge is 2.15. The van der Waals surface area contributed by atoms with Crippen LogP contribution in [0.4, 0.5) is 0 Å². The van der Waals surface area contributed by atoms with Gasteiger partial charge >= 0.3 is 0 Å². The van der Waals surface area contributed by atoms with E-state index in [0.717, 1.165) is 40.4 Å². The van der Waals surface area contributed by atoms with Crippen molar-refractivity contribution in [2.24, 2.45) is 0 Å². The summed E-state index contributed by atoms with van der Waals surface area (Å²) in [5.41, 5.74) is 7.31. The van der Waals surface area contributed by atoms with Crippen LogP contribution in [-0.2, 0) is 11.2 Å². The van der Waals surface area contributed by atoms with Gasteiger partial charge in [0.15, 0.2) is 0 Å². The monoisotopic (exact) mass is 308 g/mol. The number of aryl methyl sites for hydroxylation is 2. The second-order valence-electron chi connectivity index (χ2n) is 5.81. The molecule has 0 aliphatic carbocycles. The number of carbonyl (C=O) groups excluding carboxylic acids is 1. The third kappa shape index (κ3) is 2.80.